The van der Waals surface area contributed by atoms with Crippen LogP contribution in [0.25, 0.3) is 0 Å². The molecule has 0 spiro atoms. The van der Waals surface area contributed by atoms with E-state index in [0.717, 1.165) is 51.4 Å². The molecular weight excluding hydrogens is 1070 g/mol. The Morgan fingerprint density at radius 1 is 0.322 bits per heavy atom. The van der Waals surface area contributed by atoms with Crippen LogP contribution in [-0.2, 0) is 14.3 Å². The van der Waals surface area contributed by atoms with Crippen LogP contribution in [0.1, 0.15) is 457 Å². The van der Waals surface area contributed by atoms with E-state index in [-0.39, 0.29) is 18.5 Å². The molecule has 6 heteroatoms. The molecule has 0 aromatic rings. The predicted octanol–water partition coefficient (Wildman–Crippen LogP) is 26.4. The molecule has 0 saturated carbocycles. The number of allylic oxidation sites excluding steroid dienone is 4. The lowest BCUT2D eigenvalue weighted by Gasteiger charge is -2.22. The van der Waals surface area contributed by atoms with Crippen molar-refractivity contribution in [2.75, 3.05) is 13.2 Å². The van der Waals surface area contributed by atoms with E-state index in [0.29, 0.717) is 25.9 Å². The van der Waals surface area contributed by atoms with Gasteiger partial charge in [0.25, 0.3) is 0 Å². The number of nitrogens with one attached hydrogen (secondary N) is 1. The Hall–Kier alpha value is -1.66. The maximum atomic E-state index is 12.5. The zero-order chi connectivity index (χ0) is 62.8. The average Bonchev–Trinajstić information content (AvgIpc) is 3.53. The smallest absolute Gasteiger partial charge is 0.305 e. The highest BCUT2D eigenvalue weighted by atomic mass is 16.5. The summed E-state index contributed by atoms with van der Waals surface area (Å²) < 4.78 is 5.51. The summed E-state index contributed by atoms with van der Waals surface area (Å²) in [7, 11) is 0. The quantitative estimate of drug-likeness (QED) is 0.0320. The van der Waals surface area contributed by atoms with Crippen molar-refractivity contribution in [3.63, 3.8) is 0 Å². The fraction of sp³-hybridized carbons (Fsp3) is 0.926. The third-order valence-electron chi connectivity index (χ3n) is 19.0. The van der Waals surface area contributed by atoms with E-state index in [1.807, 2.05) is 0 Å². The highest BCUT2D eigenvalue weighted by Crippen LogP contribution is 2.20. The van der Waals surface area contributed by atoms with Crippen molar-refractivity contribution in [1.29, 1.82) is 0 Å². The van der Waals surface area contributed by atoms with Crippen molar-refractivity contribution < 1.29 is 24.5 Å². The van der Waals surface area contributed by atoms with E-state index in [4.69, 9.17) is 4.74 Å². The molecular formula is C81H157NO5. The van der Waals surface area contributed by atoms with E-state index in [9.17, 15) is 19.8 Å². The second-order valence-corrected chi connectivity index (χ2v) is 27.8. The molecule has 0 aliphatic heterocycles. The fourth-order valence-electron chi connectivity index (χ4n) is 12.9. The number of hydrogen-bond acceptors (Lipinski definition) is 5. The Balaban J connectivity index is 3.30. The molecule has 0 aromatic carbocycles. The summed E-state index contributed by atoms with van der Waals surface area (Å²) in [6, 6.07) is -0.537. The van der Waals surface area contributed by atoms with Gasteiger partial charge in [-0.05, 0) is 57.8 Å². The molecule has 0 heterocycles. The van der Waals surface area contributed by atoms with Gasteiger partial charge in [0.2, 0.25) is 5.91 Å². The van der Waals surface area contributed by atoms with Crippen molar-refractivity contribution in [2.45, 2.75) is 469 Å². The van der Waals surface area contributed by atoms with Gasteiger partial charge in [0.05, 0.1) is 25.4 Å². The first-order chi connectivity index (χ1) is 43.0. The Bertz CT molecular complexity index is 1360. The van der Waals surface area contributed by atoms with Gasteiger partial charge in [0, 0.05) is 12.8 Å². The molecule has 0 radical (unpaired) electrons. The molecule has 0 aromatic heterocycles. The van der Waals surface area contributed by atoms with Crippen LogP contribution in [0.5, 0.6) is 0 Å². The number of rotatable bonds is 76. The minimum atomic E-state index is -0.661. The molecule has 0 bridgehead atoms. The van der Waals surface area contributed by atoms with E-state index in [1.54, 1.807) is 0 Å². The second-order valence-electron chi connectivity index (χ2n) is 27.8. The highest BCUT2D eigenvalue weighted by molar-refractivity contribution is 5.76. The minimum Gasteiger partial charge on any atom is -0.466 e. The van der Waals surface area contributed by atoms with Gasteiger partial charge < -0.3 is 20.3 Å². The molecule has 0 saturated heterocycles. The third kappa shape index (κ3) is 73.3. The molecule has 6 nitrogen and oxygen atoms in total. The zero-order valence-electron chi connectivity index (χ0n) is 59.3. The van der Waals surface area contributed by atoms with Crippen LogP contribution in [0, 0.1) is 0 Å². The molecule has 87 heavy (non-hydrogen) atoms. The predicted molar refractivity (Wildman–Crippen MR) is 384 cm³/mol. The van der Waals surface area contributed by atoms with Crippen molar-refractivity contribution in [3.05, 3.63) is 24.3 Å². The Morgan fingerprint density at radius 2 is 0.575 bits per heavy atom. The first-order valence-electron chi connectivity index (χ1n) is 40.1. The van der Waals surface area contributed by atoms with Gasteiger partial charge in [-0.1, -0.05) is 411 Å². The SMILES string of the molecule is CCCCC/C=C\C/C=C\CCCCCCCCCC(=O)OCCCCCCCCCCCCCCCCCCCCCCCCCCCCCCCCCCCCCC(=O)NC(CO)C(O)CCCCCCCCCCCCCCCCCCCC. The summed E-state index contributed by atoms with van der Waals surface area (Å²) in [5, 5.41) is 23.4. The Labute approximate surface area is 545 Å². The van der Waals surface area contributed by atoms with Gasteiger partial charge in [-0.15, -0.1) is 0 Å². The normalized spacial score (nSPS) is 12.6. The van der Waals surface area contributed by atoms with Gasteiger partial charge in [-0.2, -0.15) is 0 Å². The van der Waals surface area contributed by atoms with Crippen LogP contribution in [0.3, 0.4) is 0 Å². The van der Waals surface area contributed by atoms with Gasteiger partial charge in [-0.25, -0.2) is 0 Å². The Kier molecular flexibility index (Phi) is 75.3. The van der Waals surface area contributed by atoms with Crippen LogP contribution in [-0.4, -0.2) is 47.4 Å². The molecule has 2 unspecified atom stereocenters. The maximum Gasteiger partial charge on any atom is 0.305 e. The standard InChI is InChI=1S/C81H157NO5/c1-3-5-7-9-11-13-15-17-19-21-42-45-49-53-57-61-65-69-73-79(84)78(77-83)82-80(85)74-70-66-62-58-54-50-46-43-39-37-35-33-31-29-27-25-23-22-24-26-28-30-32-34-36-38-40-44-48-52-56-60-64-68-72-76-87-81(86)75-71-67-63-59-55-51-47-41-20-18-16-14-12-10-8-6-4-2/h12,14,18,20,78-79,83-84H,3-11,13,15-17,19,21-77H2,1-2H3,(H,82,85)/b14-12-,20-18-. The molecule has 0 aliphatic rings. The molecule has 2 atom stereocenters. The summed E-state index contributed by atoms with van der Waals surface area (Å²) in [6.07, 6.45) is 98.5. The van der Waals surface area contributed by atoms with Gasteiger partial charge >= 0.3 is 5.97 Å². The number of aliphatic hydroxyl groups is 2. The van der Waals surface area contributed by atoms with Crippen LogP contribution >= 0.6 is 0 Å². The number of aliphatic hydroxyl groups excluding tert-OH is 2. The summed E-state index contributed by atoms with van der Waals surface area (Å²) in [4.78, 5) is 24.7. The third-order valence-corrected chi connectivity index (χ3v) is 19.0. The number of carbonyl (C=O) groups is 2. The van der Waals surface area contributed by atoms with Crippen molar-refractivity contribution in [2.24, 2.45) is 0 Å². The van der Waals surface area contributed by atoms with Crippen molar-refractivity contribution in [3.8, 4) is 0 Å². The minimum absolute atomic E-state index is 0.0157. The molecule has 0 fully saturated rings. The molecule has 516 valence electrons. The van der Waals surface area contributed by atoms with Gasteiger partial charge in [0.1, 0.15) is 0 Å². The van der Waals surface area contributed by atoms with Crippen LogP contribution in [0.2, 0.25) is 0 Å². The summed E-state index contributed by atoms with van der Waals surface area (Å²) in [6.45, 7) is 4.98. The Morgan fingerprint density at radius 3 is 0.897 bits per heavy atom. The van der Waals surface area contributed by atoms with Crippen LogP contribution < -0.4 is 5.32 Å². The average molecular weight is 1230 g/mol. The maximum absolute atomic E-state index is 12.5. The summed E-state index contributed by atoms with van der Waals surface area (Å²) in [5.74, 6) is -0.00922. The molecule has 3 N–H and O–H groups in total. The van der Waals surface area contributed by atoms with E-state index < -0.39 is 12.1 Å². The highest BCUT2D eigenvalue weighted by Gasteiger charge is 2.20. The first-order valence-corrected chi connectivity index (χ1v) is 40.1. The number of carbonyl (C=O) groups excluding carboxylic acids is 2. The van der Waals surface area contributed by atoms with Crippen molar-refractivity contribution in [1.82, 2.24) is 5.32 Å². The lowest BCUT2D eigenvalue weighted by molar-refractivity contribution is -0.143. The lowest BCUT2D eigenvalue weighted by Crippen LogP contribution is -2.45. The molecule has 0 aliphatic carbocycles. The number of ether oxygens (including phenoxy) is 1. The number of amides is 1. The van der Waals surface area contributed by atoms with Crippen LogP contribution in [0.15, 0.2) is 24.3 Å². The van der Waals surface area contributed by atoms with Gasteiger partial charge in [-0.3, -0.25) is 9.59 Å². The van der Waals surface area contributed by atoms with E-state index in [1.165, 1.54) is 372 Å². The molecule has 0 rings (SSSR count). The first kappa shape index (κ1) is 85.3. The van der Waals surface area contributed by atoms with Gasteiger partial charge in [0.15, 0.2) is 0 Å². The zero-order valence-corrected chi connectivity index (χ0v) is 59.3. The van der Waals surface area contributed by atoms with E-state index >= 15 is 0 Å². The lowest BCUT2D eigenvalue weighted by atomic mass is 10.0. The van der Waals surface area contributed by atoms with Crippen LogP contribution in [0.4, 0.5) is 0 Å². The fourth-order valence-corrected chi connectivity index (χ4v) is 12.9. The number of unbranched alkanes of at least 4 members (excludes halogenated alkanes) is 61. The summed E-state index contributed by atoms with van der Waals surface area (Å²) in [5.41, 5.74) is 0. The number of esters is 1. The largest absolute Gasteiger partial charge is 0.466 e. The topological polar surface area (TPSA) is 95.9 Å². The second kappa shape index (κ2) is 76.8. The molecule has 1 amide bonds. The van der Waals surface area contributed by atoms with E-state index in [2.05, 4.69) is 43.5 Å². The number of hydrogen-bond donors (Lipinski definition) is 3. The van der Waals surface area contributed by atoms with Crippen molar-refractivity contribution >= 4 is 11.9 Å². The monoisotopic (exact) mass is 1220 g/mol. The summed E-state index contributed by atoms with van der Waals surface area (Å²) >= 11 is 0.